The molecule has 0 unspecified atom stereocenters. The van der Waals surface area contributed by atoms with Crippen molar-refractivity contribution >= 4 is 5.91 Å². The monoisotopic (exact) mass is 322 g/mol. The van der Waals surface area contributed by atoms with Gasteiger partial charge in [-0.05, 0) is 24.8 Å². The van der Waals surface area contributed by atoms with Crippen molar-refractivity contribution in [2.75, 3.05) is 0 Å². The van der Waals surface area contributed by atoms with Gasteiger partial charge < -0.3 is 15.0 Å². The summed E-state index contributed by atoms with van der Waals surface area (Å²) in [4.78, 5) is 12.2. The molecule has 1 saturated carbocycles. The average molecular weight is 322 g/mol. The number of hydrogen-bond acceptors (Lipinski definition) is 4. The second-order valence-corrected chi connectivity index (χ2v) is 5.73. The lowest BCUT2D eigenvalue weighted by molar-refractivity contribution is -0.123. The molecule has 1 heterocycles. The summed E-state index contributed by atoms with van der Waals surface area (Å²) in [6, 6.07) is 2.68. The lowest BCUT2D eigenvalue weighted by Crippen LogP contribution is -2.42. The maximum atomic E-state index is 14.1. The summed E-state index contributed by atoms with van der Waals surface area (Å²) in [6.07, 6.45) is 3.30. The number of halogens is 2. The van der Waals surface area contributed by atoms with Crippen LogP contribution in [0.25, 0.3) is 0 Å². The van der Waals surface area contributed by atoms with Crippen molar-refractivity contribution in [2.24, 2.45) is 5.92 Å². The van der Waals surface area contributed by atoms with Crippen LogP contribution in [0.2, 0.25) is 0 Å². The van der Waals surface area contributed by atoms with E-state index in [2.05, 4.69) is 15.5 Å². The Kier molecular flexibility index (Phi) is 4.33. The van der Waals surface area contributed by atoms with Crippen molar-refractivity contribution in [2.45, 2.75) is 31.5 Å². The number of hydrogen-bond donors (Lipinski definition) is 2. The number of nitrogens with one attached hydrogen (secondary N) is 1. The van der Waals surface area contributed by atoms with Crippen molar-refractivity contribution < 1.29 is 18.7 Å². The van der Waals surface area contributed by atoms with Gasteiger partial charge in [0.1, 0.15) is 30.8 Å². The Morgan fingerprint density at radius 2 is 2.04 bits per heavy atom. The number of carbonyl (C=O) groups excluding carboxylic acids is 1. The summed E-state index contributed by atoms with van der Waals surface area (Å²) in [7, 11) is 0. The summed E-state index contributed by atoms with van der Waals surface area (Å²) in [5, 5.41) is 19.5. The van der Waals surface area contributed by atoms with Gasteiger partial charge >= 0.3 is 0 Å². The summed E-state index contributed by atoms with van der Waals surface area (Å²) in [5.41, 5.74) is 0.223. The average Bonchev–Trinajstić information content (AvgIpc) is 2.95. The topological polar surface area (TPSA) is 80.0 Å². The van der Waals surface area contributed by atoms with E-state index in [4.69, 9.17) is 0 Å². The van der Waals surface area contributed by atoms with Crippen LogP contribution in [0.1, 0.15) is 24.4 Å². The van der Waals surface area contributed by atoms with Crippen molar-refractivity contribution in [3.8, 4) is 0 Å². The van der Waals surface area contributed by atoms with E-state index in [0.29, 0.717) is 12.8 Å². The summed E-state index contributed by atoms with van der Waals surface area (Å²) >= 11 is 0. The molecule has 1 aliphatic carbocycles. The number of benzene rings is 1. The molecule has 1 aromatic carbocycles. The highest BCUT2D eigenvalue weighted by atomic mass is 19.1. The zero-order valence-corrected chi connectivity index (χ0v) is 12.2. The molecule has 2 aromatic rings. The minimum atomic E-state index is -0.707. The molecule has 1 aliphatic rings. The number of rotatable bonds is 5. The second-order valence-electron chi connectivity index (χ2n) is 5.73. The third-order valence-corrected chi connectivity index (χ3v) is 4.03. The quantitative estimate of drug-likeness (QED) is 0.866. The number of amides is 1. The first kappa shape index (κ1) is 15.5. The maximum Gasteiger partial charge on any atom is 0.240 e. The Bertz CT molecular complexity index is 687. The number of carbonyl (C=O) groups is 1. The minimum absolute atomic E-state index is 0.00157. The fraction of sp³-hybridized carbons (Fsp3) is 0.400. The molecule has 122 valence electrons. The highest BCUT2D eigenvalue weighted by Gasteiger charge is 2.36. The number of aromatic nitrogens is 3. The van der Waals surface area contributed by atoms with Crippen molar-refractivity contribution in [1.29, 1.82) is 0 Å². The van der Waals surface area contributed by atoms with Crippen LogP contribution in [-0.2, 0) is 11.3 Å². The Morgan fingerprint density at radius 3 is 2.65 bits per heavy atom. The molecule has 8 heteroatoms. The lowest BCUT2D eigenvalue weighted by Gasteiger charge is -2.38. The van der Waals surface area contributed by atoms with Crippen molar-refractivity contribution in [3.05, 3.63) is 48.1 Å². The first-order valence-corrected chi connectivity index (χ1v) is 7.27. The highest BCUT2D eigenvalue weighted by Crippen LogP contribution is 2.38. The molecule has 0 aliphatic heterocycles. The van der Waals surface area contributed by atoms with Crippen LogP contribution in [0.5, 0.6) is 0 Å². The van der Waals surface area contributed by atoms with Crippen LogP contribution in [0.3, 0.4) is 0 Å². The van der Waals surface area contributed by atoms with Gasteiger partial charge in [-0.15, -0.1) is 10.2 Å². The molecule has 1 atom stereocenters. The number of aliphatic hydroxyl groups is 1. The predicted molar refractivity (Wildman–Crippen MR) is 76.0 cm³/mol. The van der Waals surface area contributed by atoms with Crippen molar-refractivity contribution in [1.82, 2.24) is 20.1 Å². The van der Waals surface area contributed by atoms with Crippen LogP contribution >= 0.6 is 0 Å². The van der Waals surface area contributed by atoms with Gasteiger partial charge in [-0.2, -0.15) is 0 Å². The first-order valence-electron chi connectivity index (χ1n) is 7.27. The lowest BCUT2D eigenvalue weighted by atomic mass is 9.75. The van der Waals surface area contributed by atoms with E-state index in [-0.39, 0.29) is 23.9 Å². The van der Waals surface area contributed by atoms with Crippen LogP contribution in [-0.4, -0.2) is 31.9 Å². The van der Waals surface area contributed by atoms with E-state index in [9.17, 15) is 18.7 Å². The number of nitrogens with zero attached hydrogens (tertiary/aromatic N) is 3. The zero-order valence-electron chi connectivity index (χ0n) is 12.2. The molecule has 1 amide bonds. The Hall–Kier alpha value is -2.35. The van der Waals surface area contributed by atoms with E-state index in [0.717, 1.165) is 12.1 Å². The molecule has 1 fully saturated rings. The third kappa shape index (κ3) is 3.53. The molecule has 2 N–H and O–H groups in total. The molecule has 0 bridgehead atoms. The number of aliphatic hydroxyl groups excluding tert-OH is 1. The normalized spacial score (nSPS) is 21.5. The molecular formula is C15H16F2N4O2. The summed E-state index contributed by atoms with van der Waals surface area (Å²) in [5.74, 6) is -1.80. The molecule has 0 saturated heterocycles. The van der Waals surface area contributed by atoms with Gasteiger partial charge in [-0.3, -0.25) is 4.79 Å². The van der Waals surface area contributed by atoms with Crippen LogP contribution in [0.4, 0.5) is 8.78 Å². The van der Waals surface area contributed by atoms with Gasteiger partial charge in [-0.1, -0.05) is 6.07 Å². The SMILES string of the molecule is O=C(Cn1cnnc1)N[C@H](c1ccc(F)cc1F)C1CC(O)C1. The standard InChI is InChI=1S/C15H16F2N4O2/c16-10-1-2-12(13(17)5-10)15(9-3-11(22)4-9)20-14(23)6-21-7-18-19-8-21/h1-2,5,7-9,11,15,22H,3-4,6H2,(H,20,23)/t9?,11?,15-/m0/s1. The predicted octanol–water partition coefficient (Wildman–Crippen LogP) is 1.18. The van der Waals surface area contributed by atoms with Gasteiger partial charge in [0, 0.05) is 11.6 Å². The van der Waals surface area contributed by atoms with Gasteiger partial charge in [-0.25, -0.2) is 8.78 Å². The van der Waals surface area contributed by atoms with Gasteiger partial charge in [0.05, 0.1) is 12.1 Å². The molecule has 0 radical (unpaired) electrons. The van der Waals surface area contributed by atoms with Crippen molar-refractivity contribution in [3.63, 3.8) is 0 Å². The van der Waals surface area contributed by atoms with E-state index in [1.807, 2.05) is 0 Å². The zero-order chi connectivity index (χ0) is 16.4. The first-order chi connectivity index (χ1) is 11.0. The molecular weight excluding hydrogens is 306 g/mol. The van der Waals surface area contributed by atoms with E-state index >= 15 is 0 Å². The van der Waals surface area contributed by atoms with E-state index < -0.39 is 23.8 Å². The van der Waals surface area contributed by atoms with E-state index in [1.165, 1.54) is 23.3 Å². The second kappa shape index (κ2) is 6.41. The summed E-state index contributed by atoms with van der Waals surface area (Å²) < 4.78 is 28.7. The fourth-order valence-corrected chi connectivity index (χ4v) is 2.79. The molecule has 1 aromatic heterocycles. The third-order valence-electron chi connectivity index (χ3n) is 4.03. The highest BCUT2D eigenvalue weighted by molar-refractivity contribution is 5.76. The largest absolute Gasteiger partial charge is 0.393 e. The Labute approximate surface area is 131 Å². The van der Waals surface area contributed by atoms with E-state index in [1.54, 1.807) is 0 Å². The van der Waals surface area contributed by atoms with Gasteiger partial charge in [0.25, 0.3) is 0 Å². The smallest absolute Gasteiger partial charge is 0.240 e. The molecule has 0 spiro atoms. The Balaban J connectivity index is 1.77. The van der Waals surface area contributed by atoms with Gasteiger partial charge in [0.2, 0.25) is 5.91 Å². The van der Waals surface area contributed by atoms with Gasteiger partial charge in [0.15, 0.2) is 0 Å². The van der Waals surface area contributed by atoms with Crippen LogP contribution in [0.15, 0.2) is 30.9 Å². The molecule has 23 heavy (non-hydrogen) atoms. The van der Waals surface area contributed by atoms with Crippen LogP contribution < -0.4 is 5.32 Å². The molecule has 3 rings (SSSR count). The Morgan fingerprint density at radius 1 is 1.35 bits per heavy atom. The fourth-order valence-electron chi connectivity index (χ4n) is 2.79. The molecule has 6 nitrogen and oxygen atoms in total. The maximum absolute atomic E-state index is 14.1. The van der Waals surface area contributed by atoms with Crippen LogP contribution in [0, 0.1) is 17.6 Å². The minimum Gasteiger partial charge on any atom is -0.393 e. The summed E-state index contributed by atoms with van der Waals surface area (Å²) in [6.45, 7) is 0.00157.